The van der Waals surface area contributed by atoms with E-state index in [2.05, 4.69) is 9.71 Å². The van der Waals surface area contributed by atoms with Crippen LogP contribution in [0.4, 0.5) is 8.78 Å². The molecular weight excluding hydrogens is 306 g/mol. The molecule has 1 heterocycles. The first kappa shape index (κ1) is 15.0. The van der Waals surface area contributed by atoms with E-state index in [1.165, 1.54) is 11.3 Å². The minimum Gasteiger partial charge on any atom is -0.247 e. The maximum Gasteiger partial charge on any atom is 0.243 e. The SMILES string of the molecule is Cc1nc(C)c(CNS(=O)(=O)c2ccc(F)cc2F)s1. The topological polar surface area (TPSA) is 59.1 Å². The molecule has 0 unspecified atom stereocenters. The highest BCUT2D eigenvalue weighted by Gasteiger charge is 2.20. The van der Waals surface area contributed by atoms with Crippen molar-refractivity contribution in [3.8, 4) is 0 Å². The van der Waals surface area contributed by atoms with Crippen LogP contribution in [0.15, 0.2) is 23.1 Å². The standard InChI is InChI=1S/C12H12F2N2O2S2/c1-7-11(19-8(2)16-7)6-15-20(17,18)12-4-3-9(13)5-10(12)14/h3-5,15H,6H2,1-2H3. The Morgan fingerprint density at radius 3 is 2.55 bits per heavy atom. The Balaban J connectivity index is 2.21. The van der Waals surface area contributed by atoms with E-state index < -0.39 is 26.6 Å². The highest BCUT2D eigenvalue weighted by molar-refractivity contribution is 7.89. The van der Waals surface area contributed by atoms with Gasteiger partial charge in [0.1, 0.15) is 16.5 Å². The van der Waals surface area contributed by atoms with Crippen LogP contribution in [0, 0.1) is 25.5 Å². The van der Waals surface area contributed by atoms with Gasteiger partial charge in [-0.3, -0.25) is 0 Å². The Labute approximate surface area is 119 Å². The summed E-state index contributed by atoms with van der Waals surface area (Å²) in [6.45, 7) is 3.61. The number of sulfonamides is 1. The molecule has 0 aliphatic rings. The molecule has 1 aromatic heterocycles. The fourth-order valence-electron chi connectivity index (χ4n) is 1.67. The third-order valence-electron chi connectivity index (χ3n) is 2.61. The second kappa shape index (κ2) is 5.55. The Hall–Kier alpha value is -1.38. The monoisotopic (exact) mass is 318 g/mol. The zero-order valence-corrected chi connectivity index (χ0v) is 12.4. The van der Waals surface area contributed by atoms with Gasteiger partial charge in [-0.1, -0.05) is 0 Å². The summed E-state index contributed by atoms with van der Waals surface area (Å²) in [5, 5.41) is 0.824. The molecule has 0 aliphatic heterocycles. The van der Waals surface area contributed by atoms with Crippen molar-refractivity contribution in [1.29, 1.82) is 0 Å². The lowest BCUT2D eigenvalue weighted by atomic mass is 10.3. The van der Waals surface area contributed by atoms with Crippen molar-refractivity contribution in [3.63, 3.8) is 0 Å². The van der Waals surface area contributed by atoms with E-state index in [0.717, 1.165) is 27.7 Å². The molecule has 0 saturated heterocycles. The number of thiazole rings is 1. The number of rotatable bonds is 4. The molecule has 0 radical (unpaired) electrons. The van der Waals surface area contributed by atoms with Crippen LogP contribution in [0.3, 0.4) is 0 Å². The van der Waals surface area contributed by atoms with E-state index in [1.807, 2.05) is 6.92 Å². The van der Waals surface area contributed by atoms with Gasteiger partial charge in [0.05, 0.1) is 10.7 Å². The molecule has 8 heteroatoms. The fraction of sp³-hybridized carbons (Fsp3) is 0.250. The maximum absolute atomic E-state index is 13.5. The molecule has 1 aromatic carbocycles. The average molecular weight is 318 g/mol. The Morgan fingerprint density at radius 1 is 1.30 bits per heavy atom. The van der Waals surface area contributed by atoms with E-state index in [-0.39, 0.29) is 6.54 Å². The highest BCUT2D eigenvalue weighted by Crippen LogP contribution is 2.19. The molecule has 4 nitrogen and oxygen atoms in total. The van der Waals surface area contributed by atoms with Crippen molar-refractivity contribution >= 4 is 21.4 Å². The predicted molar refractivity (Wildman–Crippen MR) is 72.0 cm³/mol. The minimum absolute atomic E-state index is 0.0243. The van der Waals surface area contributed by atoms with Gasteiger partial charge in [-0.25, -0.2) is 26.9 Å². The first-order valence-corrected chi connectivity index (χ1v) is 7.97. The van der Waals surface area contributed by atoms with Gasteiger partial charge in [-0.15, -0.1) is 11.3 Å². The molecule has 0 aliphatic carbocycles. The third kappa shape index (κ3) is 3.20. The fourth-order valence-corrected chi connectivity index (χ4v) is 3.69. The summed E-state index contributed by atoms with van der Waals surface area (Å²) < 4.78 is 52.5. The minimum atomic E-state index is -4.03. The van der Waals surface area contributed by atoms with Gasteiger partial charge in [0.15, 0.2) is 0 Å². The van der Waals surface area contributed by atoms with Crippen LogP contribution in [0.1, 0.15) is 15.6 Å². The van der Waals surface area contributed by atoms with E-state index in [1.54, 1.807) is 6.92 Å². The number of aryl methyl sites for hydroxylation is 2. The summed E-state index contributed by atoms with van der Waals surface area (Å²) in [5.41, 5.74) is 0.731. The lowest BCUT2D eigenvalue weighted by Crippen LogP contribution is -2.24. The van der Waals surface area contributed by atoms with Crippen LogP contribution in [0.5, 0.6) is 0 Å². The largest absolute Gasteiger partial charge is 0.247 e. The van der Waals surface area contributed by atoms with Crippen LogP contribution in [0.25, 0.3) is 0 Å². The molecule has 0 spiro atoms. The van der Waals surface area contributed by atoms with E-state index >= 15 is 0 Å². The summed E-state index contributed by atoms with van der Waals surface area (Å²) in [5.74, 6) is -1.94. The molecule has 0 saturated carbocycles. The summed E-state index contributed by atoms with van der Waals surface area (Å²) >= 11 is 1.37. The van der Waals surface area contributed by atoms with Crippen molar-refractivity contribution in [3.05, 3.63) is 45.4 Å². The molecule has 1 N–H and O–H groups in total. The molecule has 108 valence electrons. The average Bonchev–Trinajstić information content (AvgIpc) is 2.65. The number of hydrogen-bond acceptors (Lipinski definition) is 4. The molecule has 0 fully saturated rings. The van der Waals surface area contributed by atoms with Gasteiger partial charge in [0, 0.05) is 17.5 Å². The first-order valence-electron chi connectivity index (χ1n) is 5.67. The summed E-state index contributed by atoms with van der Waals surface area (Å²) in [6, 6.07) is 2.34. The number of nitrogens with one attached hydrogen (secondary N) is 1. The summed E-state index contributed by atoms with van der Waals surface area (Å²) in [6.07, 6.45) is 0. The van der Waals surface area contributed by atoms with Crippen molar-refractivity contribution in [2.24, 2.45) is 0 Å². The van der Waals surface area contributed by atoms with Crippen LogP contribution < -0.4 is 4.72 Å². The quantitative estimate of drug-likeness (QED) is 0.942. The molecule has 0 bridgehead atoms. The van der Waals surface area contributed by atoms with Crippen molar-refractivity contribution in [1.82, 2.24) is 9.71 Å². The van der Waals surface area contributed by atoms with Crippen LogP contribution in [-0.4, -0.2) is 13.4 Å². The lowest BCUT2D eigenvalue weighted by molar-refractivity contribution is 0.543. The second-order valence-corrected chi connectivity index (χ2v) is 7.16. The van der Waals surface area contributed by atoms with E-state index in [9.17, 15) is 17.2 Å². The number of hydrogen-bond donors (Lipinski definition) is 1. The number of benzene rings is 1. The number of nitrogens with zero attached hydrogens (tertiary/aromatic N) is 1. The highest BCUT2D eigenvalue weighted by atomic mass is 32.2. The van der Waals surface area contributed by atoms with Crippen molar-refractivity contribution < 1.29 is 17.2 Å². The Kier molecular flexibility index (Phi) is 4.17. The van der Waals surface area contributed by atoms with Crippen LogP contribution in [-0.2, 0) is 16.6 Å². The van der Waals surface area contributed by atoms with Crippen molar-refractivity contribution in [2.75, 3.05) is 0 Å². The van der Waals surface area contributed by atoms with Crippen molar-refractivity contribution in [2.45, 2.75) is 25.3 Å². The Morgan fingerprint density at radius 2 is 2.00 bits per heavy atom. The number of halogens is 2. The third-order valence-corrected chi connectivity index (χ3v) is 5.11. The van der Waals surface area contributed by atoms with Crippen LogP contribution >= 0.6 is 11.3 Å². The van der Waals surface area contributed by atoms with Gasteiger partial charge in [0.25, 0.3) is 0 Å². The van der Waals surface area contributed by atoms with E-state index in [0.29, 0.717) is 6.07 Å². The van der Waals surface area contributed by atoms with Gasteiger partial charge < -0.3 is 0 Å². The molecular formula is C12H12F2N2O2S2. The van der Waals surface area contributed by atoms with Gasteiger partial charge >= 0.3 is 0 Å². The Bertz CT molecular complexity index is 742. The maximum atomic E-state index is 13.5. The lowest BCUT2D eigenvalue weighted by Gasteiger charge is -2.07. The van der Waals surface area contributed by atoms with Gasteiger partial charge in [-0.05, 0) is 26.0 Å². The molecule has 0 atom stereocenters. The number of aromatic nitrogens is 1. The molecule has 20 heavy (non-hydrogen) atoms. The first-order chi connectivity index (χ1) is 9.29. The zero-order valence-electron chi connectivity index (χ0n) is 10.8. The molecule has 2 aromatic rings. The summed E-state index contributed by atoms with van der Waals surface area (Å²) in [4.78, 5) is 4.36. The van der Waals surface area contributed by atoms with Crippen LogP contribution in [0.2, 0.25) is 0 Å². The molecule has 2 rings (SSSR count). The second-order valence-electron chi connectivity index (χ2n) is 4.14. The summed E-state index contributed by atoms with van der Waals surface area (Å²) in [7, 11) is -4.03. The smallest absolute Gasteiger partial charge is 0.243 e. The normalized spacial score (nSPS) is 11.8. The predicted octanol–water partition coefficient (Wildman–Crippen LogP) is 2.52. The zero-order chi connectivity index (χ0) is 14.9. The van der Waals surface area contributed by atoms with Gasteiger partial charge in [0.2, 0.25) is 10.0 Å². The van der Waals surface area contributed by atoms with E-state index in [4.69, 9.17) is 0 Å². The van der Waals surface area contributed by atoms with Gasteiger partial charge in [-0.2, -0.15) is 0 Å². The molecule has 0 amide bonds.